The molecule has 2 fully saturated rings. The minimum absolute atomic E-state index is 0.00974. The molecule has 3 heterocycles. The molecule has 0 radical (unpaired) electrons. The normalized spacial score (nSPS) is 22.6. The van der Waals surface area contributed by atoms with Crippen molar-refractivity contribution in [2.45, 2.75) is 19.4 Å². The number of carbonyl (C=O) groups excluding carboxylic acids is 2. The molecule has 0 unspecified atom stereocenters. The van der Waals surface area contributed by atoms with Gasteiger partial charge < -0.3 is 14.7 Å². The molecular formula is C14H19N5O2. The third-order valence-electron chi connectivity index (χ3n) is 4.12. The van der Waals surface area contributed by atoms with Crippen LogP contribution in [0.4, 0.5) is 5.95 Å². The van der Waals surface area contributed by atoms with Gasteiger partial charge in [-0.3, -0.25) is 9.59 Å². The van der Waals surface area contributed by atoms with Crippen molar-refractivity contribution >= 4 is 17.8 Å². The van der Waals surface area contributed by atoms with Gasteiger partial charge >= 0.3 is 0 Å². The summed E-state index contributed by atoms with van der Waals surface area (Å²) >= 11 is 0. The standard InChI is InChI=1S/C14H19N5O2/c1-3-10-6-15-14(16-7-10)18-4-5-19-11(8-18)13(21)17(2)9-12(19)20/h6-7,11H,3-5,8-9H2,1-2H3/t11-/m1/s1. The Morgan fingerprint density at radius 3 is 2.62 bits per heavy atom. The van der Waals surface area contributed by atoms with Crippen LogP contribution in [0.1, 0.15) is 12.5 Å². The lowest BCUT2D eigenvalue weighted by Gasteiger charge is -2.45. The minimum atomic E-state index is -0.417. The summed E-state index contributed by atoms with van der Waals surface area (Å²) in [5.41, 5.74) is 1.08. The van der Waals surface area contributed by atoms with E-state index >= 15 is 0 Å². The van der Waals surface area contributed by atoms with Crippen LogP contribution in [0.3, 0.4) is 0 Å². The summed E-state index contributed by atoms with van der Waals surface area (Å²) in [5, 5.41) is 0. The number of anilines is 1. The number of piperazine rings is 2. The van der Waals surface area contributed by atoms with Crippen molar-refractivity contribution in [3.8, 4) is 0 Å². The summed E-state index contributed by atoms with van der Waals surface area (Å²) in [6.45, 7) is 3.89. The average Bonchev–Trinajstić information content (AvgIpc) is 2.52. The van der Waals surface area contributed by atoms with Crippen LogP contribution in [0.25, 0.3) is 0 Å². The second kappa shape index (κ2) is 5.31. The van der Waals surface area contributed by atoms with Crippen molar-refractivity contribution in [3.63, 3.8) is 0 Å². The van der Waals surface area contributed by atoms with Gasteiger partial charge in [-0.15, -0.1) is 0 Å². The number of hydrogen-bond acceptors (Lipinski definition) is 5. The Hall–Kier alpha value is -2.18. The van der Waals surface area contributed by atoms with Gasteiger partial charge in [0.1, 0.15) is 6.04 Å². The highest BCUT2D eigenvalue weighted by atomic mass is 16.2. The van der Waals surface area contributed by atoms with Gasteiger partial charge in [-0.05, 0) is 12.0 Å². The molecule has 2 aliphatic rings. The first-order valence-corrected chi connectivity index (χ1v) is 7.20. The van der Waals surface area contributed by atoms with Gasteiger partial charge in [-0.25, -0.2) is 9.97 Å². The Bertz CT molecular complexity index is 559. The predicted octanol–water partition coefficient (Wildman–Crippen LogP) is -0.472. The lowest BCUT2D eigenvalue weighted by molar-refractivity contribution is -0.154. The second-order valence-corrected chi connectivity index (χ2v) is 5.49. The summed E-state index contributed by atoms with van der Waals surface area (Å²) in [4.78, 5) is 38.1. The zero-order valence-electron chi connectivity index (χ0n) is 12.3. The van der Waals surface area contributed by atoms with E-state index in [4.69, 9.17) is 0 Å². The zero-order valence-corrected chi connectivity index (χ0v) is 12.3. The first kappa shape index (κ1) is 13.8. The van der Waals surface area contributed by atoms with Crippen LogP contribution in [0, 0.1) is 0 Å². The summed E-state index contributed by atoms with van der Waals surface area (Å²) < 4.78 is 0. The number of fused-ring (bicyclic) bond motifs is 1. The van der Waals surface area contributed by atoms with Crippen molar-refractivity contribution in [3.05, 3.63) is 18.0 Å². The first-order valence-electron chi connectivity index (χ1n) is 7.20. The Balaban J connectivity index is 1.78. The summed E-state index contributed by atoms with van der Waals surface area (Å²) in [6, 6.07) is -0.417. The van der Waals surface area contributed by atoms with Gasteiger partial charge in [0.25, 0.3) is 0 Å². The van der Waals surface area contributed by atoms with Crippen LogP contribution >= 0.6 is 0 Å². The van der Waals surface area contributed by atoms with Crippen LogP contribution in [0.2, 0.25) is 0 Å². The van der Waals surface area contributed by atoms with Gasteiger partial charge in [0, 0.05) is 32.5 Å². The van der Waals surface area contributed by atoms with Crippen LogP contribution < -0.4 is 4.90 Å². The Morgan fingerprint density at radius 1 is 1.24 bits per heavy atom. The lowest BCUT2D eigenvalue weighted by Crippen LogP contribution is -2.66. The molecule has 21 heavy (non-hydrogen) atoms. The molecule has 1 atom stereocenters. The molecule has 0 aliphatic carbocycles. The number of aromatic nitrogens is 2. The van der Waals surface area contributed by atoms with Crippen LogP contribution in [-0.2, 0) is 16.0 Å². The Kier molecular flexibility index (Phi) is 3.48. The highest BCUT2D eigenvalue weighted by Gasteiger charge is 2.41. The van der Waals surface area contributed by atoms with E-state index in [1.54, 1.807) is 11.9 Å². The topological polar surface area (TPSA) is 69.6 Å². The van der Waals surface area contributed by atoms with Crippen molar-refractivity contribution in [1.82, 2.24) is 19.8 Å². The van der Waals surface area contributed by atoms with Crippen molar-refractivity contribution in [1.29, 1.82) is 0 Å². The fraction of sp³-hybridized carbons (Fsp3) is 0.571. The molecule has 1 aromatic heterocycles. The molecule has 7 nitrogen and oxygen atoms in total. The maximum Gasteiger partial charge on any atom is 0.247 e. The monoisotopic (exact) mass is 289 g/mol. The van der Waals surface area contributed by atoms with E-state index in [1.165, 1.54) is 4.90 Å². The fourth-order valence-electron chi connectivity index (χ4n) is 2.79. The molecule has 1 aromatic rings. The van der Waals surface area contributed by atoms with E-state index in [9.17, 15) is 9.59 Å². The number of likely N-dealkylation sites (N-methyl/N-ethyl adjacent to an activating group) is 1. The molecule has 2 amide bonds. The summed E-state index contributed by atoms with van der Waals surface area (Å²) in [5.74, 6) is 0.633. The molecule has 112 valence electrons. The molecule has 3 rings (SSSR count). The predicted molar refractivity (Wildman–Crippen MR) is 76.8 cm³/mol. The molecule has 0 spiro atoms. The number of carbonyl (C=O) groups is 2. The van der Waals surface area contributed by atoms with E-state index in [1.807, 2.05) is 17.3 Å². The van der Waals surface area contributed by atoms with E-state index in [0.29, 0.717) is 25.6 Å². The summed E-state index contributed by atoms with van der Waals surface area (Å²) in [7, 11) is 1.67. The number of hydrogen-bond donors (Lipinski definition) is 0. The molecule has 2 aliphatic heterocycles. The quantitative estimate of drug-likeness (QED) is 0.736. The maximum absolute atomic E-state index is 12.2. The third kappa shape index (κ3) is 2.43. The highest BCUT2D eigenvalue weighted by molar-refractivity contribution is 5.95. The number of nitrogens with zero attached hydrogens (tertiary/aromatic N) is 5. The Morgan fingerprint density at radius 2 is 1.95 bits per heavy atom. The fourth-order valence-corrected chi connectivity index (χ4v) is 2.79. The van der Waals surface area contributed by atoms with Crippen molar-refractivity contribution < 1.29 is 9.59 Å². The SMILES string of the molecule is CCc1cnc(N2CCN3C(=O)CN(C)C(=O)[C@H]3C2)nc1. The average molecular weight is 289 g/mol. The number of amides is 2. The smallest absolute Gasteiger partial charge is 0.247 e. The van der Waals surface area contributed by atoms with Gasteiger partial charge in [0.05, 0.1) is 13.1 Å². The van der Waals surface area contributed by atoms with E-state index in [-0.39, 0.29) is 18.4 Å². The molecule has 2 saturated heterocycles. The lowest BCUT2D eigenvalue weighted by atomic mass is 10.1. The second-order valence-electron chi connectivity index (χ2n) is 5.49. The molecule has 0 saturated carbocycles. The number of aryl methyl sites for hydroxylation is 1. The maximum atomic E-state index is 12.2. The highest BCUT2D eigenvalue weighted by Crippen LogP contribution is 2.20. The first-order chi connectivity index (χ1) is 10.1. The number of rotatable bonds is 2. The summed E-state index contributed by atoms with van der Waals surface area (Å²) in [6.07, 6.45) is 4.53. The molecule has 7 heteroatoms. The Labute approximate surface area is 123 Å². The molecular weight excluding hydrogens is 270 g/mol. The van der Waals surface area contributed by atoms with Crippen LogP contribution in [-0.4, -0.2) is 70.9 Å². The van der Waals surface area contributed by atoms with E-state index in [2.05, 4.69) is 16.9 Å². The molecule has 0 N–H and O–H groups in total. The molecule has 0 aromatic carbocycles. The largest absolute Gasteiger partial charge is 0.336 e. The van der Waals surface area contributed by atoms with Crippen LogP contribution in [0.15, 0.2) is 12.4 Å². The van der Waals surface area contributed by atoms with Crippen molar-refractivity contribution in [2.24, 2.45) is 0 Å². The minimum Gasteiger partial charge on any atom is -0.336 e. The van der Waals surface area contributed by atoms with E-state index < -0.39 is 6.04 Å². The van der Waals surface area contributed by atoms with Crippen LogP contribution in [0.5, 0.6) is 0 Å². The van der Waals surface area contributed by atoms with Gasteiger partial charge in [0.2, 0.25) is 17.8 Å². The zero-order chi connectivity index (χ0) is 15.0. The third-order valence-corrected chi connectivity index (χ3v) is 4.12. The van der Waals surface area contributed by atoms with Gasteiger partial charge in [-0.2, -0.15) is 0 Å². The van der Waals surface area contributed by atoms with E-state index in [0.717, 1.165) is 12.0 Å². The van der Waals surface area contributed by atoms with Gasteiger partial charge in [-0.1, -0.05) is 6.92 Å². The van der Waals surface area contributed by atoms with Crippen molar-refractivity contribution in [2.75, 3.05) is 38.1 Å². The molecule has 0 bridgehead atoms. The van der Waals surface area contributed by atoms with Gasteiger partial charge in [0.15, 0.2) is 0 Å².